The molecule has 0 heterocycles. The lowest BCUT2D eigenvalue weighted by Gasteiger charge is -1.95. The van der Waals surface area contributed by atoms with Gasteiger partial charge in [-0.15, -0.1) is 0 Å². The summed E-state index contributed by atoms with van der Waals surface area (Å²) in [5.74, 6) is 0. The molecule has 8 heavy (non-hydrogen) atoms. The van der Waals surface area contributed by atoms with Crippen LogP contribution < -0.4 is 5.48 Å². The van der Waals surface area contributed by atoms with Crippen molar-refractivity contribution < 1.29 is 4.84 Å². The quantitative estimate of drug-likeness (QED) is 0.191. The molecule has 0 rings (SSSR count). The van der Waals surface area contributed by atoms with Gasteiger partial charge in [0.25, 0.3) is 0 Å². The molecule has 0 aromatic carbocycles. The van der Waals surface area contributed by atoms with Crippen LogP contribution in [0.3, 0.4) is 0 Å². The maximum atomic E-state index is 7.86. The van der Waals surface area contributed by atoms with E-state index in [-0.39, 0.29) is 0 Å². The summed E-state index contributed by atoms with van der Waals surface area (Å²) in [6, 6.07) is 0. The molecule has 3 nitrogen and oxygen atoms in total. The highest BCUT2D eigenvalue weighted by molar-refractivity contribution is 4.87. The third-order valence-electron chi connectivity index (χ3n) is 0.436. The minimum Gasteiger partial charge on any atom is -0.262 e. The Kier molecular flexibility index (Phi) is 3.63. The Morgan fingerprint density at radius 1 is 2.00 bits per heavy atom. The smallest absolute Gasteiger partial charge is 0.202 e. The van der Waals surface area contributed by atoms with Crippen molar-refractivity contribution in [2.75, 3.05) is 6.61 Å². The Balaban J connectivity index is 2.97. The van der Waals surface area contributed by atoms with Crippen LogP contribution in [0.15, 0.2) is 12.2 Å². The molecule has 0 aromatic heterocycles. The van der Waals surface area contributed by atoms with E-state index in [2.05, 4.69) is 11.4 Å². The monoisotopic (exact) mass is 112 g/mol. The number of hydrogen-bond donors (Lipinski definition) is 1. The average molecular weight is 112 g/mol. The SMILES string of the molecule is C=C(C)CONC#N. The van der Waals surface area contributed by atoms with Gasteiger partial charge < -0.3 is 0 Å². The van der Waals surface area contributed by atoms with E-state index in [1.165, 1.54) is 0 Å². The van der Waals surface area contributed by atoms with E-state index in [1.807, 2.05) is 12.4 Å². The van der Waals surface area contributed by atoms with Crippen LogP contribution in [0.4, 0.5) is 0 Å². The summed E-state index contributed by atoms with van der Waals surface area (Å²) < 4.78 is 0. The number of nitrogens with one attached hydrogen (secondary N) is 1. The van der Waals surface area contributed by atoms with E-state index in [9.17, 15) is 0 Å². The van der Waals surface area contributed by atoms with E-state index in [0.29, 0.717) is 6.61 Å². The highest BCUT2D eigenvalue weighted by Crippen LogP contribution is 1.83. The minimum atomic E-state index is 0.383. The molecule has 0 radical (unpaired) electrons. The molecular weight excluding hydrogens is 104 g/mol. The van der Waals surface area contributed by atoms with Crippen molar-refractivity contribution in [2.24, 2.45) is 0 Å². The number of hydrogen-bond acceptors (Lipinski definition) is 3. The largest absolute Gasteiger partial charge is 0.262 e. The minimum absolute atomic E-state index is 0.383. The molecule has 0 aliphatic rings. The first kappa shape index (κ1) is 6.99. The van der Waals surface area contributed by atoms with E-state index in [0.717, 1.165) is 5.57 Å². The standard InChI is InChI=1S/C5H8N2O/c1-5(2)3-8-7-4-6/h7H,1,3H2,2H3. The molecule has 0 atom stereocenters. The second-order valence-electron chi connectivity index (χ2n) is 1.46. The molecule has 0 unspecified atom stereocenters. The van der Waals surface area contributed by atoms with Crippen molar-refractivity contribution in [3.8, 4) is 6.19 Å². The average Bonchev–Trinajstić information content (AvgIpc) is 1.66. The Bertz CT molecular complexity index is 114. The summed E-state index contributed by atoms with van der Waals surface area (Å²) in [6.07, 6.45) is 1.61. The second kappa shape index (κ2) is 4.16. The number of nitriles is 1. The van der Waals surface area contributed by atoms with E-state index in [1.54, 1.807) is 6.19 Å². The Morgan fingerprint density at radius 2 is 2.62 bits per heavy atom. The zero-order valence-corrected chi connectivity index (χ0v) is 4.77. The van der Waals surface area contributed by atoms with Gasteiger partial charge >= 0.3 is 0 Å². The summed E-state index contributed by atoms with van der Waals surface area (Å²) in [6.45, 7) is 5.75. The third kappa shape index (κ3) is 4.99. The lowest BCUT2D eigenvalue weighted by atomic mass is 10.4. The lowest BCUT2D eigenvalue weighted by Crippen LogP contribution is -2.07. The van der Waals surface area contributed by atoms with Crippen LogP contribution in [0.1, 0.15) is 6.92 Å². The molecule has 0 spiro atoms. The number of rotatable bonds is 3. The van der Waals surface area contributed by atoms with Gasteiger partial charge in [0.15, 0.2) is 0 Å². The molecule has 0 fully saturated rings. The van der Waals surface area contributed by atoms with Crippen molar-refractivity contribution >= 4 is 0 Å². The van der Waals surface area contributed by atoms with Crippen LogP contribution in [0.5, 0.6) is 0 Å². The topological polar surface area (TPSA) is 45.0 Å². The number of hydroxylamine groups is 1. The van der Waals surface area contributed by atoms with E-state index < -0.39 is 0 Å². The predicted molar refractivity (Wildman–Crippen MR) is 29.5 cm³/mol. The first-order valence-corrected chi connectivity index (χ1v) is 2.17. The molecule has 1 N–H and O–H groups in total. The van der Waals surface area contributed by atoms with Crippen LogP contribution >= 0.6 is 0 Å². The van der Waals surface area contributed by atoms with Gasteiger partial charge in [0.05, 0.1) is 6.61 Å². The van der Waals surface area contributed by atoms with Gasteiger partial charge in [-0.3, -0.25) is 4.84 Å². The highest BCUT2D eigenvalue weighted by atomic mass is 16.6. The Morgan fingerprint density at radius 3 is 3.00 bits per heavy atom. The highest BCUT2D eigenvalue weighted by Gasteiger charge is 1.81. The zero-order chi connectivity index (χ0) is 6.41. The Hall–Kier alpha value is -1.01. The Labute approximate surface area is 48.5 Å². The van der Waals surface area contributed by atoms with E-state index in [4.69, 9.17) is 5.26 Å². The molecule has 3 heteroatoms. The fourth-order valence-electron chi connectivity index (χ4n) is 0.192. The summed E-state index contributed by atoms with van der Waals surface area (Å²) in [4.78, 5) is 4.53. The first-order chi connectivity index (χ1) is 3.77. The molecule has 0 aliphatic heterocycles. The van der Waals surface area contributed by atoms with Gasteiger partial charge in [0.1, 0.15) is 0 Å². The van der Waals surface area contributed by atoms with Crippen LogP contribution in [0, 0.1) is 11.5 Å². The molecule has 0 aliphatic carbocycles. The van der Waals surface area contributed by atoms with Gasteiger partial charge in [-0.25, -0.2) is 5.48 Å². The van der Waals surface area contributed by atoms with Crippen molar-refractivity contribution in [1.29, 1.82) is 5.26 Å². The van der Waals surface area contributed by atoms with Gasteiger partial charge in [-0.2, -0.15) is 5.26 Å². The molecule has 0 bridgehead atoms. The summed E-state index contributed by atoms with van der Waals surface area (Å²) in [7, 11) is 0. The second-order valence-corrected chi connectivity index (χ2v) is 1.46. The predicted octanol–water partition coefficient (Wildman–Crippen LogP) is 0.565. The van der Waals surface area contributed by atoms with Gasteiger partial charge in [0.2, 0.25) is 6.19 Å². The zero-order valence-electron chi connectivity index (χ0n) is 4.77. The molecule has 44 valence electrons. The molecular formula is C5H8N2O. The van der Waals surface area contributed by atoms with E-state index >= 15 is 0 Å². The van der Waals surface area contributed by atoms with Gasteiger partial charge in [-0.1, -0.05) is 12.2 Å². The first-order valence-electron chi connectivity index (χ1n) is 2.17. The lowest BCUT2D eigenvalue weighted by molar-refractivity contribution is 0.0961. The summed E-state index contributed by atoms with van der Waals surface area (Å²) in [5.41, 5.74) is 2.91. The van der Waals surface area contributed by atoms with Crippen LogP contribution in [0.25, 0.3) is 0 Å². The van der Waals surface area contributed by atoms with Crippen molar-refractivity contribution in [3.05, 3.63) is 12.2 Å². The summed E-state index contributed by atoms with van der Waals surface area (Å²) in [5, 5.41) is 7.86. The molecule has 0 aromatic rings. The normalized spacial score (nSPS) is 7.50. The fraction of sp³-hybridized carbons (Fsp3) is 0.400. The maximum Gasteiger partial charge on any atom is 0.202 e. The molecule has 0 saturated carbocycles. The fourth-order valence-corrected chi connectivity index (χ4v) is 0.192. The third-order valence-corrected chi connectivity index (χ3v) is 0.436. The molecule has 0 saturated heterocycles. The van der Waals surface area contributed by atoms with Crippen LogP contribution in [-0.4, -0.2) is 6.61 Å². The van der Waals surface area contributed by atoms with Gasteiger partial charge in [-0.05, 0) is 6.92 Å². The van der Waals surface area contributed by atoms with Crippen LogP contribution in [0.2, 0.25) is 0 Å². The summed E-state index contributed by atoms with van der Waals surface area (Å²) >= 11 is 0. The van der Waals surface area contributed by atoms with Crippen molar-refractivity contribution in [1.82, 2.24) is 5.48 Å². The number of nitrogens with zero attached hydrogens (tertiary/aromatic N) is 1. The van der Waals surface area contributed by atoms with Gasteiger partial charge in [0, 0.05) is 0 Å². The molecule has 0 amide bonds. The van der Waals surface area contributed by atoms with Crippen molar-refractivity contribution in [3.63, 3.8) is 0 Å². The van der Waals surface area contributed by atoms with Crippen LogP contribution in [-0.2, 0) is 4.84 Å². The maximum absolute atomic E-state index is 7.86. The van der Waals surface area contributed by atoms with Crippen molar-refractivity contribution in [2.45, 2.75) is 6.92 Å².